The molecule has 0 aromatic carbocycles. The second-order valence-electron chi connectivity index (χ2n) is 15.6. The molecule has 2 unspecified atom stereocenters. The Kier molecular flexibility index (Phi) is 10.8. The van der Waals surface area contributed by atoms with Gasteiger partial charge in [0.1, 0.15) is 11.2 Å². The summed E-state index contributed by atoms with van der Waals surface area (Å²) in [6, 6.07) is 0. The second kappa shape index (κ2) is 12.4. The predicted octanol–water partition coefficient (Wildman–Crippen LogP) is 8.67. The summed E-state index contributed by atoms with van der Waals surface area (Å²) in [5.74, 6) is 3.10. The van der Waals surface area contributed by atoms with Gasteiger partial charge in [-0.1, -0.05) is 61.3 Å². The summed E-state index contributed by atoms with van der Waals surface area (Å²) in [6.07, 6.45) is 6.97. The van der Waals surface area contributed by atoms with Gasteiger partial charge in [-0.15, -0.1) is 0 Å². The van der Waals surface area contributed by atoms with E-state index in [2.05, 4.69) is 53.8 Å². The van der Waals surface area contributed by atoms with Crippen molar-refractivity contribution in [2.75, 3.05) is 12.3 Å². The Balaban J connectivity index is 0.000000282. The van der Waals surface area contributed by atoms with E-state index in [0.29, 0.717) is 23.7 Å². The highest BCUT2D eigenvalue weighted by molar-refractivity contribution is 8.00. The zero-order chi connectivity index (χ0) is 30.0. The van der Waals surface area contributed by atoms with Crippen molar-refractivity contribution in [2.24, 2.45) is 23.7 Å². The highest BCUT2D eigenvalue weighted by atomic mass is 32.2. The van der Waals surface area contributed by atoms with Crippen LogP contribution in [0.3, 0.4) is 0 Å². The maximum atomic E-state index is 12.4. The lowest BCUT2D eigenvalue weighted by Gasteiger charge is -2.48. The minimum absolute atomic E-state index is 0.112. The van der Waals surface area contributed by atoms with Gasteiger partial charge in [0.05, 0.1) is 11.1 Å². The molecule has 6 nitrogen and oxygen atoms in total. The first-order valence-electron chi connectivity index (χ1n) is 15.3. The van der Waals surface area contributed by atoms with Crippen molar-refractivity contribution in [3.63, 3.8) is 0 Å². The molecule has 2 amide bonds. The van der Waals surface area contributed by atoms with Gasteiger partial charge in [0.2, 0.25) is 0 Å². The average molecular weight is 569 g/mol. The Morgan fingerprint density at radius 1 is 0.769 bits per heavy atom. The van der Waals surface area contributed by atoms with Crippen LogP contribution in [0.1, 0.15) is 129 Å². The van der Waals surface area contributed by atoms with Crippen LogP contribution in [0.15, 0.2) is 0 Å². The number of carbonyl (C=O) groups is 2. The Bertz CT molecular complexity index is 819. The van der Waals surface area contributed by atoms with Gasteiger partial charge >= 0.3 is 12.2 Å². The molecule has 1 saturated heterocycles. The first-order chi connectivity index (χ1) is 17.6. The SMILES string of the molecule is C[C@@H]1CCC[C@H](C)C1(CSC(C)(C)C)NC(=O)OC(C)(C)C.C[C@@H]1CCC[C@H](C)C12CN2C(=O)OC(C)(C)C. The van der Waals surface area contributed by atoms with Crippen LogP contribution >= 0.6 is 11.8 Å². The van der Waals surface area contributed by atoms with E-state index >= 15 is 0 Å². The normalized spacial score (nSPS) is 33.1. The van der Waals surface area contributed by atoms with Gasteiger partial charge in [-0.2, -0.15) is 11.8 Å². The molecule has 0 aromatic rings. The fourth-order valence-electron chi connectivity index (χ4n) is 6.46. The van der Waals surface area contributed by atoms with E-state index in [9.17, 15) is 9.59 Å². The smallest absolute Gasteiger partial charge is 0.410 e. The molecule has 3 rings (SSSR count). The van der Waals surface area contributed by atoms with E-state index in [1.54, 1.807) is 0 Å². The third kappa shape index (κ3) is 9.19. The molecule has 7 heteroatoms. The fourth-order valence-corrected chi connectivity index (χ4v) is 7.77. The monoisotopic (exact) mass is 568 g/mol. The van der Waals surface area contributed by atoms with Crippen LogP contribution in [-0.4, -0.2) is 56.4 Å². The van der Waals surface area contributed by atoms with Gasteiger partial charge in [-0.05, 0) is 90.9 Å². The molecule has 1 aliphatic heterocycles. The number of nitrogens with one attached hydrogen (secondary N) is 1. The minimum atomic E-state index is -0.455. The number of hydrogen-bond acceptors (Lipinski definition) is 5. The van der Waals surface area contributed by atoms with Crippen LogP contribution in [0.5, 0.6) is 0 Å². The number of thioether (sulfide) groups is 1. The number of amides is 2. The molecule has 3 fully saturated rings. The Labute approximate surface area is 244 Å². The maximum Gasteiger partial charge on any atom is 0.410 e. The average Bonchev–Trinajstić information content (AvgIpc) is 3.49. The van der Waals surface area contributed by atoms with Crippen molar-refractivity contribution < 1.29 is 19.1 Å². The molecule has 0 radical (unpaired) electrons. The van der Waals surface area contributed by atoms with Crippen LogP contribution in [0.2, 0.25) is 0 Å². The Morgan fingerprint density at radius 2 is 1.21 bits per heavy atom. The Morgan fingerprint density at radius 3 is 1.62 bits per heavy atom. The molecule has 3 aliphatic rings. The predicted molar refractivity (Wildman–Crippen MR) is 164 cm³/mol. The first-order valence-corrected chi connectivity index (χ1v) is 16.3. The van der Waals surface area contributed by atoms with Crippen LogP contribution in [0.25, 0.3) is 0 Å². The highest BCUT2D eigenvalue weighted by Crippen LogP contribution is 2.52. The van der Waals surface area contributed by atoms with E-state index in [4.69, 9.17) is 9.47 Å². The molecular weight excluding hydrogens is 508 g/mol. The number of carbonyl (C=O) groups excluding carboxylic acids is 2. The van der Waals surface area contributed by atoms with Crippen LogP contribution in [0.4, 0.5) is 9.59 Å². The summed E-state index contributed by atoms with van der Waals surface area (Å²) in [5, 5.41) is 3.28. The quantitative estimate of drug-likeness (QED) is 0.345. The molecule has 1 spiro atoms. The fraction of sp³-hybridized carbons (Fsp3) is 0.938. The van der Waals surface area contributed by atoms with Crippen LogP contribution in [0, 0.1) is 23.7 Å². The van der Waals surface area contributed by atoms with Gasteiger partial charge in [-0.25, -0.2) is 9.59 Å². The van der Waals surface area contributed by atoms with E-state index in [1.165, 1.54) is 38.5 Å². The van der Waals surface area contributed by atoms with E-state index in [0.717, 1.165) is 12.3 Å². The lowest BCUT2D eigenvalue weighted by Crippen LogP contribution is -2.61. The molecule has 0 bridgehead atoms. The zero-order valence-corrected chi connectivity index (χ0v) is 28.3. The van der Waals surface area contributed by atoms with Crippen LogP contribution < -0.4 is 5.32 Å². The van der Waals surface area contributed by atoms with Crippen molar-refractivity contribution in [2.45, 2.75) is 156 Å². The number of rotatable bonds is 3. The summed E-state index contributed by atoms with van der Waals surface area (Å²) in [6.45, 7) is 28.2. The summed E-state index contributed by atoms with van der Waals surface area (Å²) < 4.78 is 11.2. The molecule has 6 atom stereocenters. The summed E-state index contributed by atoms with van der Waals surface area (Å²) >= 11 is 1.94. The van der Waals surface area contributed by atoms with Crippen molar-refractivity contribution >= 4 is 23.9 Å². The van der Waals surface area contributed by atoms with Gasteiger partial charge in [0.25, 0.3) is 0 Å². The van der Waals surface area contributed by atoms with Gasteiger partial charge in [0, 0.05) is 17.0 Å². The molecule has 228 valence electrons. The number of ether oxygens (including phenoxy) is 2. The lowest BCUT2D eigenvalue weighted by atomic mass is 9.68. The number of alkyl carbamates (subject to hydrolysis) is 1. The summed E-state index contributed by atoms with van der Waals surface area (Å²) in [7, 11) is 0. The molecule has 1 N–H and O–H groups in total. The molecule has 1 heterocycles. The topological polar surface area (TPSA) is 67.6 Å². The maximum absolute atomic E-state index is 12.4. The van der Waals surface area contributed by atoms with Crippen molar-refractivity contribution in [3.8, 4) is 0 Å². The molecule has 39 heavy (non-hydrogen) atoms. The standard InChI is InChI=1S/C18H35NO2S.C14H25NO2/c1-13-10-9-11-14(2)18(13,12-22-17(6,7)8)19-15(20)21-16(3,4)5;1-10-7-6-8-11(2)14(10)9-15(14)12(16)17-13(3,4)5/h13-14H,9-12H2,1-8H3,(H,19,20);10-11H,6-9H2,1-5H3/t13-,14+,18?;10-,11+,14?,15?. The van der Waals surface area contributed by atoms with Crippen LogP contribution in [-0.2, 0) is 9.47 Å². The number of nitrogens with zero attached hydrogens (tertiary/aromatic N) is 1. The zero-order valence-electron chi connectivity index (χ0n) is 27.5. The van der Waals surface area contributed by atoms with E-state index in [1.807, 2.05) is 58.2 Å². The van der Waals surface area contributed by atoms with Gasteiger partial charge in [0.15, 0.2) is 0 Å². The molecular formula is C32H60N2O4S. The highest BCUT2D eigenvalue weighted by Gasteiger charge is 2.63. The third-order valence-corrected chi connectivity index (χ3v) is 10.4. The van der Waals surface area contributed by atoms with Crippen molar-refractivity contribution in [1.29, 1.82) is 0 Å². The lowest BCUT2D eigenvalue weighted by molar-refractivity contribution is 0.0295. The van der Waals surface area contributed by atoms with E-state index in [-0.39, 0.29) is 33.6 Å². The number of hydrogen-bond donors (Lipinski definition) is 1. The van der Waals surface area contributed by atoms with Crippen molar-refractivity contribution in [3.05, 3.63) is 0 Å². The first kappa shape index (κ1) is 34.1. The largest absolute Gasteiger partial charge is 0.444 e. The second-order valence-corrected chi connectivity index (χ2v) is 17.4. The molecule has 0 aromatic heterocycles. The Hall–Kier alpha value is -1.11. The minimum Gasteiger partial charge on any atom is -0.444 e. The van der Waals surface area contributed by atoms with Gasteiger partial charge < -0.3 is 14.8 Å². The van der Waals surface area contributed by atoms with E-state index < -0.39 is 5.60 Å². The van der Waals surface area contributed by atoms with Gasteiger partial charge in [-0.3, -0.25) is 4.90 Å². The summed E-state index contributed by atoms with van der Waals surface area (Å²) in [5.41, 5.74) is -0.898. The van der Waals surface area contributed by atoms with Crippen molar-refractivity contribution in [1.82, 2.24) is 10.2 Å². The summed E-state index contributed by atoms with van der Waals surface area (Å²) in [4.78, 5) is 26.4. The molecule has 2 aliphatic carbocycles. The third-order valence-electron chi connectivity index (χ3n) is 8.92. The molecule has 2 saturated carbocycles.